The Kier molecular flexibility index (Phi) is 13.0. The summed E-state index contributed by atoms with van der Waals surface area (Å²) in [5, 5.41) is 0. The maximum atomic E-state index is 12.2. The van der Waals surface area contributed by atoms with Gasteiger partial charge < -0.3 is 20.9 Å². The zero-order valence-electron chi connectivity index (χ0n) is 14.3. The summed E-state index contributed by atoms with van der Waals surface area (Å²) in [5.74, 6) is -0.333. The molecule has 142 valence electrons. The average molecular weight is 368 g/mol. The highest BCUT2D eigenvalue weighted by molar-refractivity contribution is 7.48. The van der Waals surface area contributed by atoms with Crippen molar-refractivity contribution in [3.63, 3.8) is 0 Å². The molecule has 0 aliphatic rings. The minimum absolute atomic E-state index is 0.0155. The lowest BCUT2D eigenvalue weighted by atomic mass is 10.3. The summed E-state index contributed by atoms with van der Waals surface area (Å²) in [6, 6.07) is -0.517. The van der Waals surface area contributed by atoms with Gasteiger partial charge in [-0.15, -0.1) is 6.58 Å². The summed E-state index contributed by atoms with van der Waals surface area (Å²) in [6.07, 6.45) is 1.75. The molecule has 3 atom stereocenters. The van der Waals surface area contributed by atoms with E-state index in [4.69, 9.17) is 34.5 Å². The minimum Gasteiger partial charge on any atom is -0.463 e. The second-order valence-electron chi connectivity index (χ2n) is 4.99. The van der Waals surface area contributed by atoms with Crippen molar-refractivity contribution in [1.29, 1.82) is 0 Å². The zero-order chi connectivity index (χ0) is 18.4. The van der Waals surface area contributed by atoms with Gasteiger partial charge in [-0.1, -0.05) is 6.08 Å². The highest BCUT2D eigenvalue weighted by Crippen LogP contribution is 2.49. The minimum atomic E-state index is -3.72. The molecule has 0 saturated heterocycles. The molecule has 4 N–H and O–H groups in total. The second kappa shape index (κ2) is 13.5. The van der Waals surface area contributed by atoms with E-state index in [0.29, 0.717) is 13.0 Å². The fourth-order valence-electron chi connectivity index (χ4n) is 1.48. The van der Waals surface area contributed by atoms with Gasteiger partial charge in [-0.05, 0) is 6.92 Å². The molecule has 0 heterocycles. The van der Waals surface area contributed by atoms with Crippen molar-refractivity contribution >= 4 is 13.8 Å². The molecule has 9 nitrogen and oxygen atoms in total. The SMILES string of the molecule is C=CCOP(=O)(OCCN)OC[C@H](N)COCC[C@@H](C)OC(C)=O. The molecule has 0 aromatic carbocycles. The largest absolute Gasteiger partial charge is 0.475 e. The van der Waals surface area contributed by atoms with Crippen LogP contribution in [0.3, 0.4) is 0 Å². The molecule has 0 rings (SSSR count). The Balaban J connectivity index is 4.02. The Morgan fingerprint density at radius 1 is 1.25 bits per heavy atom. The van der Waals surface area contributed by atoms with Crippen LogP contribution in [0.5, 0.6) is 0 Å². The first-order valence-corrected chi connectivity index (χ1v) is 9.14. The molecule has 1 unspecified atom stereocenters. The van der Waals surface area contributed by atoms with Crippen molar-refractivity contribution in [2.24, 2.45) is 11.5 Å². The van der Waals surface area contributed by atoms with Crippen LogP contribution >= 0.6 is 7.82 Å². The van der Waals surface area contributed by atoms with Gasteiger partial charge >= 0.3 is 13.8 Å². The van der Waals surface area contributed by atoms with Crippen LogP contribution in [0.25, 0.3) is 0 Å². The molecule has 0 amide bonds. The van der Waals surface area contributed by atoms with E-state index < -0.39 is 13.9 Å². The number of carbonyl (C=O) groups excluding carboxylic acids is 1. The Labute approximate surface area is 143 Å². The van der Waals surface area contributed by atoms with Crippen molar-refractivity contribution in [1.82, 2.24) is 0 Å². The number of nitrogens with two attached hydrogens (primary N) is 2. The molecule has 0 aromatic rings. The van der Waals surface area contributed by atoms with Gasteiger partial charge in [0.1, 0.15) is 6.10 Å². The molecule has 0 saturated carbocycles. The number of carbonyl (C=O) groups is 1. The van der Waals surface area contributed by atoms with Gasteiger partial charge in [0.05, 0.1) is 39.1 Å². The molecule has 0 spiro atoms. The molecule has 0 fully saturated rings. The van der Waals surface area contributed by atoms with Crippen LogP contribution < -0.4 is 11.5 Å². The Morgan fingerprint density at radius 3 is 2.54 bits per heavy atom. The summed E-state index contributed by atoms with van der Waals surface area (Å²) in [4.78, 5) is 10.8. The van der Waals surface area contributed by atoms with Crippen LogP contribution in [0.2, 0.25) is 0 Å². The molecule has 0 aliphatic carbocycles. The monoisotopic (exact) mass is 368 g/mol. The lowest BCUT2D eigenvalue weighted by Crippen LogP contribution is -2.32. The number of esters is 1. The van der Waals surface area contributed by atoms with Crippen LogP contribution in [0.4, 0.5) is 0 Å². The lowest BCUT2D eigenvalue weighted by Gasteiger charge is -2.19. The third-order valence-electron chi connectivity index (χ3n) is 2.53. The average Bonchev–Trinajstić information content (AvgIpc) is 2.53. The van der Waals surface area contributed by atoms with Crippen LogP contribution in [0.15, 0.2) is 12.7 Å². The fourth-order valence-corrected chi connectivity index (χ4v) is 2.70. The summed E-state index contributed by atoms with van der Waals surface area (Å²) < 4.78 is 37.8. The third-order valence-corrected chi connectivity index (χ3v) is 3.96. The zero-order valence-corrected chi connectivity index (χ0v) is 15.2. The van der Waals surface area contributed by atoms with Crippen molar-refractivity contribution < 1.29 is 32.4 Å². The second-order valence-corrected chi connectivity index (χ2v) is 6.66. The number of phosphoric acid groups is 1. The first kappa shape index (κ1) is 23.2. The van der Waals surface area contributed by atoms with Gasteiger partial charge in [0.15, 0.2) is 0 Å². The van der Waals surface area contributed by atoms with Crippen LogP contribution in [0, 0.1) is 0 Å². The van der Waals surface area contributed by atoms with Gasteiger partial charge in [-0.25, -0.2) is 4.57 Å². The van der Waals surface area contributed by atoms with Gasteiger partial charge in [0.25, 0.3) is 0 Å². The highest BCUT2D eigenvalue weighted by Gasteiger charge is 2.27. The quantitative estimate of drug-likeness (QED) is 0.188. The smallest absolute Gasteiger partial charge is 0.463 e. The summed E-state index contributed by atoms with van der Waals surface area (Å²) in [5.41, 5.74) is 11.1. The molecule has 10 heteroatoms. The molecular formula is C14H29N2O7P. The number of rotatable bonds is 15. The number of ether oxygens (including phenoxy) is 2. The maximum Gasteiger partial charge on any atom is 0.475 e. The third kappa shape index (κ3) is 12.6. The fraction of sp³-hybridized carbons (Fsp3) is 0.786. The number of hydrogen-bond acceptors (Lipinski definition) is 9. The Morgan fingerprint density at radius 2 is 1.96 bits per heavy atom. The Hall–Kier alpha value is -0.800. The summed E-state index contributed by atoms with van der Waals surface area (Å²) >= 11 is 0. The van der Waals surface area contributed by atoms with Crippen LogP contribution in [0.1, 0.15) is 20.3 Å². The molecule has 0 bridgehead atoms. The molecular weight excluding hydrogens is 339 g/mol. The van der Waals surface area contributed by atoms with Crippen LogP contribution in [-0.2, 0) is 32.4 Å². The van der Waals surface area contributed by atoms with E-state index in [1.807, 2.05) is 0 Å². The van der Waals surface area contributed by atoms with E-state index in [1.54, 1.807) is 6.92 Å². The molecule has 0 aliphatic heterocycles. The molecule has 24 heavy (non-hydrogen) atoms. The Bertz CT molecular complexity index is 409. The summed E-state index contributed by atoms with van der Waals surface area (Å²) in [6.45, 7) is 7.31. The first-order chi connectivity index (χ1) is 11.3. The summed E-state index contributed by atoms with van der Waals surface area (Å²) in [7, 11) is -3.72. The standard InChI is InChI=1S/C14H29N2O7P/c1-4-7-20-24(18,21-9-6-15)22-11-14(16)10-19-8-5-12(2)23-13(3)17/h4,12,14H,1,5-11,15-16H2,2-3H3/t12-,14-,24?/m1/s1. The van der Waals surface area contributed by atoms with Crippen molar-refractivity contribution in [2.75, 3.05) is 39.6 Å². The molecule has 0 aromatic heterocycles. The first-order valence-electron chi connectivity index (χ1n) is 7.68. The predicted molar refractivity (Wildman–Crippen MR) is 89.4 cm³/mol. The van der Waals surface area contributed by atoms with E-state index >= 15 is 0 Å². The van der Waals surface area contributed by atoms with Gasteiger partial charge in [-0.3, -0.25) is 18.4 Å². The van der Waals surface area contributed by atoms with E-state index in [0.717, 1.165) is 0 Å². The van der Waals surface area contributed by atoms with Gasteiger partial charge in [0.2, 0.25) is 0 Å². The highest BCUT2D eigenvalue weighted by atomic mass is 31.2. The molecule has 0 radical (unpaired) electrons. The van der Waals surface area contributed by atoms with Gasteiger partial charge in [-0.2, -0.15) is 0 Å². The topological polar surface area (TPSA) is 132 Å². The van der Waals surface area contributed by atoms with E-state index in [2.05, 4.69) is 6.58 Å². The van der Waals surface area contributed by atoms with Crippen molar-refractivity contribution in [3.8, 4) is 0 Å². The maximum absolute atomic E-state index is 12.2. The van der Waals surface area contributed by atoms with E-state index in [1.165, 1.54) is 13.0 Å². The normalized spacial score (nSPS) is 16.2. The van der Waals surface area contributed by atoms with E-state index in [9.17, 15) is 9.36 Å². The lowest BCUT2D eigenvalue weighted by molar-refractivity contribution is -0.146. The van der Waals surface area contributed by atoms with Crippen molar-refractivity contribution in [3.05, 3.63) is 12.7 Å². The van der Waals surface area contributed by atoms with E-state index in [-0.39, 0.29) is 45.0 Å². The number of phosphoric ester groups is 1. The van der Waals surface area contributed by atoms with Gasteiger partial charge in [0, 0.05) is 19.9 Å². The van der Waals surface area contributed by atoms with Crippen LogP contribution in [-0.4, -0.2) is 57.7 Å². The predicted octanol–water partition coefficient (Wildman–Crippen LogP) is 0.975. The van der Waals surface area contributed by atoms with Crippen molar-refractivity contribution in [2.45, 2.75) is 32.4 Å². The number of hydrogen-bond donors (Lipinski definition) is 2.